The van der Waals surface area contributed by atoms with E-state index in [0.29, 0.717) is 11.4 Å². The molecule has 0 aliphatic carbocycles. The number of nitrogens with two attached hydrogens (primary N) is 1. The van der Waals surface area contributed by atoms with Gasteiger partial charge in [-0.05, 0) is 31.7 Å². The van der Waals surface area contributed by atoms with Gasteiger partial charge in [-0.3, -0.25) is 0 Å². The van der Waals surface area contributed by atoms with E-state index < -0.39 is 11.9 Å². The third-order valence-electron chi connectivity index (χ3n) is 3.84. The first-order chi connectivity index (χ1) is 9.47. The van der Waals surface area contributed by atoms with Crippen molar-refractivity contribution in [3.05, 3.63) is 23.4 Å². The highest BCUT2D eigenvalue weighted by molar-refractivity contribution is 5.49. The number of pyridine rings is 1. The summed E-state index contributed by atoms with van der Waals surface area (Å²) in [6.45, 7) is 3.01. The molecule has 1 unspecified atom stereocenters. The molecule has 2 heterocycles. The highest BCUT2D eigenvalue weighted by Crippen LogP contribution is 2.33. The molecule has 1 aromatic heterocycles. The highest BCUT2D eigenvalue weighted by Gasteiger charge is 2.34. The lowest BCUT2D eigenvalue weighted by molar-refractivity contribution is -0.141. The average Bonchev–Trinajstić information content (AvgIpc) is 2.45. The van der Waals surface area contributed by atoms with E-state index in [0.717, 1.165) is 38.3 Å². The van der Waals surface area contributed by atoms with E-state index in [9.17, 15) is 13.2 Å². The summed E-state index contributed by atoms with van der Waals surface area (Å²) in [6, 6.07) is 2.72. The quantitative estimate of drug-likeness (QED) is 0.927. The number of hydrogen-bond acceptors (Lipinski definition) is 3. The minimum atomic E-state index is -4.42. The molecule has 2 N–H and O–H groups in total. The Morgan fingerprint density at radius 2 is 2.10 bits per heavy atom. The first kappa shape index (κ1) is 15.1. The molecule has 1 aromatic rings. The Morgan fingerprint density at radius 1 is 1.35 bits per heavy atom. The van der Waals surface area contributed by atoms with Gasteiger partial charge in [0.2, 0.25) is 0 Å². The van der Waals surface area contributed by atoms with Crippen LogP contribution in [0.2, 0.25) is 0 Å². The monoisotopic (exact) mass is 287 g/mol. The van der Waals surface area contributed by atoms with E-state index in [4.69, 9.17) is 5.73 Å². The van der Waals surface area contributed by atoms with Crippen LogP contribution in [0.5, 0.6) is 0 Å². The fourth-order valence-corrected chi connectivity index (χ4v) is 2.75. The lowest BCUT2D eigenvalue weighted by Gasteiger charge is -2.37. The fourth-order valence-electron chi connectivity index (χ4n) is 2.75. The van der Waals surface area contributed by atoms with E-state index in [1.54, 1.807) is 0 Å². The van der Waals surface area contributed by atoms with E-state index in [1.165, 1.54) is 6.07 Å². The maximum Gasteiger partial charge on any atom is 0.433 e. The Kier molecular flexibility index (Phi) is 4.52. The molecule has 1 saturated heterocycles. The smallest absolute Gasteiger partial charge is 0.353 e. The van der Waals surface area contributed by atoms with Crippen molar-refractivity contribution in [3.63, 3.8) is 0 Å². The minimum absolute atomic E-state index is 0.202. The van der Waals surface area contributed by atoms with Crippen molar-refractivity contribution >= 4 is 5.82 Å². The number of anilines is 1. The lowest BCUT2D eigenvalue weighted by atomic mass is 9.99. The number of alkyl halides is 3. The number of halogens is 3. The van der Waals surface area contributed by atoms with Gasteiger partial charge in [-0.25, -0.2) is 4.98 Å². The summed E-state index contributed by atoms with van der Waals surface area (Å²) in [7, 11) is 0. The van der Waals surface area contributed by atoms with Crippen LogP contribution in [0.1, 0.15) is 43.9 Å². The Hall–Kier alpha value is -1.30. The van der Waals surface area contributed by atoms with Gasteiger partial charge >= 0.3 is 6.18 Å². The second kappa shape index (κ2) is 5.99. The molecular weight excluding hydrogens is 267 g/mol. The van der Waals surface area contributed by atoms with Gasteiger partial charge in [-0.15, -0.1) is 0 Å². The second-order valence-corrected chi connectivity index (χ2v) is 5.13. The molecule has 1 atom stereocenters. The summed E-state index contributed by atoms with van der Waals surface area (Å²) in [5.41, 5.74) is 5.49. The van der Waals surface area contributed by atoms with Gasteiger partial charge in [0.25, 0.3) is 0 Å². The molecule has 0 aromatic carbocycles. The van der Waals surface area contributed by atoms with Crippen LogP contribution >= 0.6 is 0 Å². The van der Waals surface area contributed by atoms with Crippen LogP contribution in [0, 0.1) is 0 Å². The van der Waals surface area contributed by atoms with Crippen LogP contribution in [0.15, 0.2) is 12.1 Å². The molecule has 0 saturated carbocycles. The van der Waals surface area contributed by atoms with Gasteiger partial charge in [-0.1, -0.05) is 13.0 Å². The molecule has 1 aliphatic heterocycles. The number of piperidine rings is 1. The number of aromatic nitrogens is 1. The summed E-state index contributed by atoms with van der Waals surface area (Å²) in [6.07, 6.45) is -0.413. The molecule has 2 rings (SSSR count). The molecule has 0 amide bonds. The third-order valence-corrected chi connectivity index (χ3v) is 3.84. The van der Waals surface area contributed by atoms with Crippen molar-refractivity contribution in [1.29, 1.82) is 0 Å². The van der Waals surface area contributed by atoms with Gasteiger partial charge < -0.3 is 10.6 Å². The molecule has 20 heavy (non-hydrogen) atoms. The Balaban J connectivity index is 2.41. The molecule has 1 aliphatic rings. The number of nitrogens with zero attached hydrogens (tertiary/aromatic N) is 2. The predicted molar refractivity (Wildman–Crippen MR) is 72.4 cm³/mol. The zero-order valence-electron chi connectivity index (χ0n) is 11.6. The zero-order chi connectivity index (χ0) is 14.8. The van der Waals surface area contributed by atoms with Crippen LogP contribution in [-0.4, -0.2) is 17.6 Å². The topological polar surface area (TPSA) is 42.2 Å². The number of rotatable bonds is 3. The van der Waals surface area contributed by atoms with Gasteiger partial charge in [0.05, 0.1) is 0 Å². The second-order valence-electron chi connectivity index (χ2n) is 5.13. The molecule has 3 nitrogen and oxygen atoms in total. The van der Waals surface area contributed by atoms with Crippen LogP contribution in [0.3, 0.4) is 0 Å². The average molecular weight is 287 g/mol. The van der Waals surface area contributed by atoms with Crippen molar-refractivity contribution in [2.45, 2.75) is 51.4 Å². The normalized spacial score (nSPS) is 20.2. The van der Waals surface area contributed by atoms with Crippen LogP contribution < -0.4 is 10.6 Å². The number of hydrogen-bond donors (Lipinski definition) is 1. The Labute approximate surface area is 117 Å². The Morgan fingerprint density at radius 3 is 2.70 bits per heavy atom. The summed E-state index contributed by atoms with van der Waals surface area (Å²) in [4.78, 5) is 5.86. The SMILES string of the molecule is CCC1CCCCN1c1nc(C(F)(F)F)ccc1CN. The van der Waals surface area contributed by atoms with Crippen molar-refractivity contribution in [3.8, 4) is 0 Å². The predicted octanol–water partition coefficient (Wildman–Crippen LogP) is 3.33. The summed E-state index contributed by atoms with van der Waals surface area (Å²) >= 11 is 0. The van der Waals surface area contributed by atoms with E-state index >= 15 is 0 Å². The maximum atomic E-state index is 12.8. The summed E-state index contributed by atoms with van der Waals surface area (Å²) < 4.78 is 38.5. The van der Waals surface area contributed by atoms with E-state index in [2.05, 4.69) is 11.9 Å². The molecule has 0 bridgehead atoms. The summed E-state index contributed by atoms with van der Waals surface area (Å²) in [5.74, 6) is 0.411. The molecule has 1 fully saturated rings. The summed E-state index contributed by atoms with van der Waals surface area (Å²) in [5, 5.41) is 0. The standard InChI is InChI=1S/C14H20F3N3/c1-2-11-5-3-4-8-20(11)13-10(9-18)6-7-12(19-13)14(15,16)17/h6-7,11H,2-5,8-9,18H2,1H3. The van der Waals surface area contributed by atoms with Gasteiger partial charge in [0.15, 0.2) is 0 Å². The van der Waals surface area contributed by atoms with Crippen molar-refractivity contribution in [1.82, 2.24) is 4.98 Å². The lowest BCUT2D eigenvalue weighted by Crippen LogP contribution is -2.40. The van der Waals surface area contributed by atoms with Crippen LogP contribution in [0.4, 0.5) is 19.0 Å². The molecule has 0 radical (unpaired) electrons. The van der Waals surface area contributed by atoms with Crippen molar-refractivity contribution < 1.29 is 13.2 Å². The molecular formula is C14H20F3N3. The first-order valence-electron chi connectivity index (χ1n) is 7.01. The fraction of sp³-hybridized carbons (Fsp3) is 0.643. The largest absolute Gasteiger partial charge is 0.433 e. The minimum Gasteiger partial charge on any atom is -0.353 e. The van der Waals surface area contributed by atoms with E-state index in [1.807, 2.05) is 4.90 Å². The first-order valence-corrected chi connectivity index (χ1v) is 7.01. The zero-order valence-corrected chi connectivity index (χ0v) is 11.6. The molecule has 0 spiro atoms. The maximum absolute atomic E-state index is 12.8. The van der Waals surface area contributed by atoms with Crippen LogP contribution in [-0.2, 0) is 12.7 Å². The van der Waals surface area contributed by atoms with Crippen LogP contribution in [0.25, 0.3) is 0 Å². The van der Waals surface area contributed by atoms with Crippen molar-refractivity contribution in [2.24, 2.45) is 5.73 Å². The van der Waals surface area contributed by atoms with Gasteiger partial charge in [0.1, 0.15) is 11.5 Å². The third kappa shape index (κ3) is 3.06. The van der Waals surface area contributed by atoms with E-state index in [-0.39, 0.29) is 12.6 Å². The van der Waals surface area contributed by atoms with Gasteiger partial charge in [-0.2, -0.15) is 13.2 Å². The van der Waals surface area contributed by atoms with Crippen molar-refractivity contribution in [2.75, 3.05) is 11.4 Å². The van der Waals surface area contributed by atoms with Gasteiger partial charge in [0, 0.05) is 24.7 Å². The Bertz CT molecular complexity index is 459. The highest BCUT2D eigenvalue weighted by atomic mass is 19.4. The molecule has 112 valence electrons. The molecule has 6 heteroatoms.